The molecule has 5 amide bonds. The molecule has 3 aliphatic rings. The third-order valence-corrected chi connectivity index (χ3v) is 12.1. The maximum absolute atomic E-state index is 13.9. The van der Waals surface area contributed by atoms with Gasteiger partial charge in [0, 0.05) is 44.0 Å². The van der Waals surface area contributed by atoms with Crippen LogP contribution in [-0.2, 0) is 28.5 Å². The Labute approximate surface area is 371 Å². The number of piperazine rings is 1. The normalized spacial score (nSPS) is 18.7. The fourth-order valence-electron chi connectivity index (χ4n) is 8.48. The largest absolute Gasteiger partial charge is 0.453 e. The summed E-state index contributed by atoms with van der Waals surface area (Å²) in [5, 5.41) is 5.44. The van der Waals surface area contributed by atoms with Crippen LogP contribution in [0.15, 0.2) is 60.9 Å². The first-order chi connectivity index (χ1) is 31.0. The molecule has 0 radical (unpaired) electrons. The van der Waals surface area contributed by atoms with Crippen molar-refractivity contribution in [2.24, 2.45) is 11.8 Å². The number of nitrogens with one attached hydrogen (secondary N) is 4. The number of rotatable bonds is 10. The molecule has 7 rings (SSSR count). The van der Waals surface area contributed by atoms with Crippen LogP contribution in [0.3, 0.4) is 0 Å². The smallest absolute Gasteiger partial charge is 0.409 e. The number of hydrogen-bond donors (Lipinski definition) is 4. The molecule has 0 aliphatic carbocycles. The van der Waals surface area contributed by atoms with Crippen LogP contribution in [0, 0.1) is 23.7 Å². The van der Waals surface area contributed by atoms with E-state index in [0.29, 0.717) is 49.9 Å². The van der Waals surface area contributed by atoms with Gasteiger partial charge in [-0.15, -0.1) is 0 Å². The number of carbonyl (C=O) groups is 5. The zero-order chi connectivity index (χ0) is 45.3. The molecule has 2 aromatic heterocycles. The Kier molecular flexibility index (Phi) is 14.5. The molecular weight excluding hydrogens is 823 g/mol. The average Bonchev–Trinajstić information content (AvgIpc) is 4.14. The summed E-state index contributed by atoms with van der Waals surface area (Å²) in [7, 11) is 3.85. The van der Waals surface area contributed by atoms with Crippen LogP contribution < -0.4 is 10.6 Å². The van der Waals surface area contributed by atoms with Crippen LogP contribution in [0.25, 0.3) is 22.5 Å². The number of ether oxygens (including phenoxy) is 4. The fourth-order valence-corrected chi connectivity index (χ4v) is 8.48. The van der Waals surface area contributed by atoms with Crippen molar-refractivity contribution in [1.82, 2.24) is 45.3 Å². The minimum absolute atomic E-state index is 0.0431. The van der Waals surface area contributed by atoms with E-state index in [2.05, 4.69) is 42.4 Å². The first-order valence-electron chi connectivity index (χ1n) is 21.5. The van der Waals surface area contributed by atoms with Crippen molar-refractivity contribution in [2.45, 2.75) is 63.7 Å². The number of H-pyrrole nitrogens is 2. The summed E-state index contributed by atoms with van der Waals surface area (Å²) in [5.41, 5.74) is 4.93. The van der Waals surface area contributed by atoms with Crippen LogP contribution >= 0.6 is 0 Å². The molecule has 0 bridgehead atoms. The van der Waals surface area contributed by atoms with Crippen LogP contribution in [-0.4, -0.2) is 138 Å². The van der Waals surface area contributed by atoms with Crippen molar-refractivity contribution in [3.05, 3.63) is 83.7 Å². The van der Waals surface area contributed by atoms with Gasteiger partial charge >= 0.3 is 18.3 Å². The molecule has 4 atom stereocenters. The Morgan fingerprint density at radius 2 is 1.25 bits per heavy atom. The summed E-state index contributed by atoms with van der Waals surface area (Å²) < 4.78 is 20.1. The number of nitrogens with zero attached hydrogens (tertiary/aromatic N) is 5. The van der Waals surface area contributed by atoms with Gasteiger partial charge in [0.05, 0.1) is 57.7 Å². The minimum Gasteiger partial charge on any atom is -0.453 e. The number of likely N-dealkylation sites (tertiary alicyclic amines) is 1. The maximum atomic E-state index is 13.9. The van der Waals surface area contributed by atoms with Crippen molar-refractivity contribution < 1.29 is 42.9 Å². The Bertz CT molecular complexity index is 2340. The molecule has 18 nitrogen and oxygen atoms in total. The summed E-state index contributed by atoms with van der Waals surface area (Å²) in [6.07, 6.45) is 4.56. The number of benzene rings is 2. The second kappa shape index (κ2) is 20.5. The summed E-state index contributed by atoms with van der Waals surface area (Å²) in [4.78, 5) is 85.8. The predicted molar refractivity (Wildman–Crippen MR) is 233 cm³/mol. The van der Waals surface area contributed by atoms with Gasteiger partial charge in [0.1, 0.15) is 29.8 Å². The number of aromatic nitrogens is 4. The number of hydrogen-bond acceptors (Lipinski definition) is 11. The lowest BCUT2D eigenvalue weighted by Gasteiger charge is -2.41. The molecule has 64 heavy (non-hydrogen) atoms. The molecule has 338 valence electrons. The lowest BCUT2D eigenvalue weighted by molar-refractivity contribution is -0.139. The number of amides is 5. The zero-order valence-corrected chi connectivity index (χ0v) is 36.7. The molecule has 5 heterocycles. The first kappa shape index (κ1) is 45.2. The molecule has 18 heteroatoms. The number of imidazole rings is 2. The summed E-state index contributed by atoms with van der Waals surface area (Å²) in [6, 6.07) is 13.1. The van der Waals surface area contributed by atoms with Gasteiger partial charge in [-0.2, -0.15) is 0 Å². The van der Waals surface area contributed by atoms with E-state index in [-0.39, 0.29) is 49.3 Å². The Balaban J connectivity index is 1.00. The summed E-state index contributed by atoms with van der Waals surface area (Å²) in [5.74, 6) is 6.93. The fraction of sp³-hybridized carbons (Fsp3) is 0.457. The third-order valence-electron chi connectivity index (χ3n) is 12.1. The zero-order valence-electron chi connectivity index (χ0n) is 36.7. The van der Waals surface area contributed by atoms with E-state index in [1.54, 1.807) is 17.3 Å². The monoisotopic (exact) mass is 877 g/mol. The SMILES string of the molecule is COC(=O)N[C@H](C(=O)N1CCN(C(=O)OC)C[C@H]1c1ncc(-c2ccc(C#Cc3ccc(-c4cnc([C@@H]5CCCN5C(=O)[C@@H](NC(=O)OC)C5CCOCC5)[nH]4)cc3)cc2)[nH]1)C(C)C. The molecule has 4 aromatic rings. The Morgan fingerprint density at radius 3 is 1.80 bits per heavy atom. The van der Waals surface area contributed by atoms with Gasteiger partial charge in [0.25, 0.3) is 0 Å². The van der Waals surface area contributed by atoms with E-state index in [1.807, 2.05) is 67.3 Å². The van der Waals surface area contributed by atoms with Crippen LogP contribution in [0.2, 0.25) is 0 Å². The second-order valence-electron chi connectivity index (χ2n) is 16.3. The highest BCUT2D eigenvalue weighted by molar-refractivity contribution is 5.87. The summed E-state index contributed by atoms with van der Waals surface area (Å²) in [6.45, 7) is 5.94. The number of methoxy groups -OCH3 is 3. The summed E-state index contributed by atoms with van der Waals surface area (Å²) >= 11 is 0. The van der Waals surface area contributed by atoms with Gasteiger partial charge < -0.3 is 54.2 Å². The van der Waals surface area contributed by atoms with Gasteiger partial charge in [-0.05, 0) is 72.9 Å². The predicted octanol–water partition coefficient (Wildman–Crippen LogP) is 5.01. The van der Waals surface area contributed by atoms with E-state index in [0.717, 1.165) is 40.8 Å². The lowest BCUT2D eigenvalue weighted by atomic mass is 9.90. The Morgan fingerprint density at radius 1 is 0.703 bits per heavy atom. The van der Waals surface area contributed by atoms with Crippen molar-refractivity contribution >= 4 is 30.1 Å². The highest BCUT2D eigenvalue weighted by Gasteiger charge is 2.41. The minimum atomic E-state index is -0.847. The van der Waals surface area contributed by atoms with Crippen molar-refractivity contribution in [2.75, 3.05) is 60.7 Å². The highest BCUT2D eigenvalue weighted by atomic mass is 16.5. The van der Waals surface area contributed by atoms with E-state index in [9.17, 15) is 24.0 Å². The maximum Gasteiger partial charge on any atom is 0.409 e. The van der Waals surface area contributed by atoms with Gasteiger partial charge in [-0.1, -0.05) is 50.0 Å². The van der Waals surface area contributed by atoms with E-state index in [4.69, 9.17) is 18.9 Å². The van der Waals surface area contributed by atoms with Gasteiger partial charge in [0.2, 0.25) is 11.8 Å². The quantitative estimate of drug-likeness (QED) is 0.123. The Hall–Kier alpha value is -6.87. The third kappa shape index (κ3) is 10.3. The molecule has 0 spiro atoms. The number of carbonyl (C=O) groups excluding carboxylic acids is 5. The molecule has 0 saturated carbocycles. The number of aromatic amines is 2. The highest BCUT2D eigenvalue weighted by Crippen LogP contribution is 2.34. The van der Waals surface area contributed by atoms with Gasteiger partial charge in [-0.3, -0.25) is 9.59 Å². The van der Waals surface area contributed by atoms with E-state index in [1.165, 1.54) is 26.2 Å². The van der Waals surface area contributed by atoms with Crippen molar-refractivity contribution in [3.63, 3.8) is 0 Å². The molecule has 2 aromatic carbocycles. The second-order valence-corrected chi connectivity index (χ2v) is 16.3. The molecule has 3 saturated heterocycles. The van der Waals surface area contributed by atoms with E-state index >= 15 is 0 Å². The van der Waals surface area contributed by atoms with Gasteiger partial charge in [0.15, 0.2) is 0 Å². The molecule has 4 N–H and O–H groups in total. The van der Waals surface area contributed by atoms with Gasteiger partial charge in [-0.25, -0.2) is 24.4 Å². The van der Waals surface area contributed by atoms with Crippen LogP contribution in [0.4, 0.5) is 14.4 Å². The van der Waals surface area contributed by atoms with Crippen LogP contribution in [0.1, 0.15) is 74.4 Å². The first-order valence-corrected chi connectivity index (χ1v) is 21.5. The number of alkyl carbamates (subject to hydrolysis) is 2. The van der Waals surface area contributed by atoms with Crippen molar-refractivity contribution in [1.29, 1.82) is 0 Å². The van der Waals surface area contributed by atoms with Crippen molar-refractivity contribution in [3.8, 4) is 34.4 Å². The molecular formula is C46H55N9O9. The standard InChI is InChI=1S/C46H55N9O9/c1-28(2)38(51-44(58)61-3)42(56)55-22-21-53(46(60)63-5)27-37(55)41-48-26-35(50-41)32-16-12-30(13-17-32)9-8-29-10-14-31(15-11-29)34-25-47-40(49-34)36-7-6-20-54(36)43(57)39(52-45(59)62-4)33-18-23-64-24-19-33/h10-17,25-26,28,33,36-39H,6-7,18-24,27H2,1-5H3,(H,47,49)(H,48,50)(H,51,58)(H,52,59)/t36-,37-,38-,39-/m0/s1. The lowest BCUT2D eigenvalue weighted by Crippen LogP contribution is -2.58. The average molecular weight is 878 g/mol. The van der Waals surface area contributed by atoms with Crippen LogP contribution in [0.5, 0.6) is 0 Å². The molecule has 3 aliphatic heterocycles. The molecule has 0 unspecified atom stereocenters. The van der Waals surface area contributed by atoms with E-state index < -0.39 is 36.4 Å². The molecule has 3 fully saturated rings. The topological polar surface area (TPSA) is 213 Å².